The van der Waals surface area contributed by atoms with Crippen LogP contribution in [0, 0.1) is 0 Å². The van der Waals surface area contributed by atoms with Gasteiger partial charge in [-0.05, 0) is 24.0 Å². The molecule has 1 saturated heterocycles. The van der Waals surface area contributed by atoms with Crippen LogP contribution in [0.1, 0.15) is 30.0 Å². The minimum atomic E-state index is -0.926. The van der Waals surface area contributed by atoms with Crippen LogP contribution in [0.5, 0.6) is 0 Å². The molecule has 2 aromatic carbocycles. The van der Waals surface area contributed by atoms with Gasteiger partial charge in [-0.2, -0.15) is 0 Å². The van der Waals surface area contributed by atoms with Gasteiger partial charge in [-0.1, -0.05) is 60.7 Å². The first-order valence-corrected chi connectivity index (χ1v) is 7.79. The number of hydrogen-bond acceptors (Lipinski definition) is 2. The lowest BCUT2D eigenvalue weighted by Gasteiger charge is -2.29. The SMILES string of the molecule is O=C(O)[C@H]1CC[C@@H](c2ccccc2)N1C(=O)Cc1ccccc1. The van der Waals surface area contributed by atoms with Crippen LogP contribution in [0.4, 0.5) is 0 Å². The molecule has 1 heterocycles. The average Bonchev–Trinajstić information content (AvgIpc) is 3.02. The Balaban J connectivity index is 1.86. The van der Waals surface area contributed by atoms with Crippen molar-refractivity contribution in [3.05, 3.63) is 71.8 Å². The predicted octanol–water partition coefficient (Wildman–Crippen LogP) is 3.05. The molecule has 0 saturated carbocycles. The van der Waals surface area contributed by atoms with Crippen LogP contribution >= 0.6 is 0 Å². The summed E-state index contributed by atoms with van der Waals surface area (Å²) in [6, 6.07) is 18.2. The van der Waals surface area contributed by atoms with Gasteiger partial charge in [0.15, 0.2) is 0 Å². The van der Waals surface area contributed by atoms with Gasteiger partial charge >= 0.3 is 5.97 Å². The number of benzene rings is 2. The lowest BCUT2D eigenvalue weighted by Crippen LogP contribution is -2.42. The number of hydrogen-bond donors (Lipinski definition) is 1. The van der Waals surface area contributed by atoms with Crippen molar-refractivity contribution in [3.63, 3.8) is 0 Å². The zero-order chi connectivity index (χ0) is 16.2. The fourth-order valence-electron chi connectivity index (χ4n) is 3.27. The molecule has 4 heteroatoms. The number of nitrogens with zero attached hydrogens (tertiary/aromatic N) is 1. The minimum absolute atomic E-state index is 0.130. The second-order valence-electron chi connectivity index (χ2n) is 5.82. The van der Waals surface area contributed by atoms with Crippen molar-refractivity contribution in [1.29, 1.82) is 0 Å². The molecule has 0 bridgehead atoms. The van der Waals surface area contributed by atoms with Gasteiger partial charge < -0.3 is 10.0 Å². The van der Waals surface area contributed by atoms with Crippen molar-refractivity contribution < 1.29 is 14.7 Å². The fraction of sp³-hybridized carbons (Fsp3) is 0.263. The molecule has 0 spiro atoms. The number of aliphatic carboxylic acids is 1. The number of carbonyl (C=O) groups is 2. The van der Waals surface area contributed by atoms with Gasteiger partial charge in [0.2, 0.25) is 5.91 Å². The van der Waals surface area contributed by atoms with Crippen molar-refractivity contribution in [2.24, 2.45) is 0 Å². The van der Waals surface area contributed by atoms with Gasteiger partial charge in [-0.15, -0.1) is 0 Å². The van der Waals surface area contributed by atoms with Crippen molar-refractivity contribution in [2.75, 3.05) is 0 Å². The number of likely N-dealkylation sites (tertiary alicyclic amines) is 1. The molecule has 1 aliphatic rings. The van der Waals surface area contributed by atoms with E-state index in [0.29, 0.717) is 12.8 Å². The largest absolute Gasteiger partial charge is 0.480 e. The Bertz CT molecular complexity index is 684. The van der Waals surface area contributed by atoms with E-state index in [1.165, 1.54) is 0 Å². The number of carboxylic acids is 1. The molecule has 2 atom stereocenters. The summed E-state index contributed by atoms with van der Waals surface area (Å²) in [5.41, 5.74) is 1.90. The van der Waals surface area contributed by atoms with Crippen LogP contribution in [0.15, 0.2) is 60.7 Å². The summed E-state index contributed by atoms with van der Waals surface area (Å²) in [6.45, 7) is 0. The Morgan fingerprint density at radius 3 is 2.17 bits per heavy atom. The summed E-state index contributed by atoms with van der Waals surface area (Å²) < 4.78 is 0. The predicted molar refractivity (Wildman–Crippen MR) is 86.8 cm³/mol. The number of amides is 1. The molecule has 118 valence electrons. The standard InChI is InChI=1S/C19H19NO3/c21-18(13-14-7-3-1-4-8-14)20-16(11-12-17(20)19(22)23)15-9-5-2-6-10-15/h1-10,16-17H,11-13H2,(H,22,23)/t16-,17+/m0/s1. The zero-order valence-electron chi connectivity index (χ0n) is 12.8. The van der Waals surface area contributed by atoms with E-state index in [4.69, 9.17) is 0 Å². The molecule has 23 heavy (non-hydrogen) atoms. The highest BCUT2D eigenvalue weighted by atomic mass is 16.4. The van der Waals surface area contributed by atoms with E-state index in [0.717, 1.165) is 11.1 Å². The molecule has 4 nitrogen and oxygen atoms in total. The fourth-order valence-corrected chi connectivity index (χ4v) is 3.27. The van der Waals surface area contributed by atoms with E-state index in [1.54, 1.807) is 4.90 Å². The highest BCUT2D eigenvalue weighted by molar-refractivity contribution is 5.86. The van der Waals surface area contributed by atoms with Crippen LogP contribution in [-0.4, -0.2) is 27.9 Å². The van der Waals surface area contributed by atoms with Gasteiger partial charge in [-0.25, -0.2) is 4.79 Å². The van der Waals surface area contributed by atoms with E-state index in [9.17, 15) is 14.7 Å². The van der Waals surface area contributed by atoms with Gasteiger partial charge in [0, 0.05) is 0 Å². The van der Waals surface area contributed by atoms with E-state index >= 15 is 0 Å². The second-order valence-corrected chi connectivity index (χ2v) is 5.82. The Labute approximate surface area is 135 Å². The quantitative estimate of drug-likeness (QED) is 0.944. The molecule has 3 rings (SSSR count). The van der Waals surface area contributed by atoms with Crippen LogP contribution in [0.2, 0.25) is 0 Å². The average molecular weight is 309 g/mol. The molecular formula is C19H19NO3. The van der Waals surface area contributed by atoms with E-state index in [1.807, 2.05) is 60.7 Å². The summed E-state index contributed by atoms with van der Waals surface area (Å²) in [4.78, 5) is 25.9. The third-order valence-corrected chi connectivity index (χ3v) is 4.34. The summed E-state index contributed by atoms with van der Waals surface area (Å²) in [6.07, 6.45) is 1.41. The monoisotopic (exact) mass is 309 g/mol. The highest BCUT2D eigenvalue weighted by Gasteiger charge is 2.41. The molecule has 0 radical (unpaired) electrons. The normalized spacial score (nSPS) is 20.4. The first kappa shape index (κ1) is 15.3. The lowest BCUT2D eigenvalue weighted by molar-refractivity contribution is -0.149. The Hall–Kier alpha value is -2.62. The molecule has 0 unspecified atom stereocenters. The van der Waals surface area contributed by atoms with E-state index < -0.39 is 12.0 Å². The molecule has 0 aromatic heterocycles. The van der Waals surface area contributed by atoms with Crippen LogP contribution in [0.3, 0.4) is 0 Å². The molecular weight excluding hydrogens is 290 g/mol. The topological polar surface area (TPSA) is 57.6 Å². The smallest absolute Gasteiger partial charge is 0.326 e. The number of rotatable bonds is 4. The van der Waals surface area contributed by atoms with Crippen LogP contribution < -0.4 is 0 Å². The molecule has 0 aliphatic carbocycles. The lowest BCUT2D eigenvalue weighted by atomic mass is 10.0. The third-order valence-electron chi connectivity index (χ3n) is 4.34. The van der Waals surface area contributed by atoms with Gasteiger partial charge in [0.1, 0.15) is 6.04 Å². The maximum absolute atomic E-state index is 12.8. The van der Waals surface area contributed by atoms with Gasteiger partial charge in [0.25, 0.3) is 0 Å². The van der Waals surface area contributed by atoms with Crippen molar-refractivity contribution in [3.8, 4) is 0 Å². The first-order chi connectivity index (χ1) is 11.2. The number of carbonyl (C=O) groups excluding carboxylic acids is 1. The molecule has 1 N–H and O–H groups in total. The first-order valence-electron chi connectivity index (χ1n) is 7.79. The highest BCUT2D eigenvalue weighted by Crippen LogP contribution is 2.36. The van der Waals surface area contributed by atoms with Crippen molar-refractivity contribution in [1.82, 2.24) is 4.90 Å². The zero-order valence-corrected chi connectivity index (χ0v) is 12.8. The molecule has 1 aliphatic heterocycles. The Morgan fingerprint density at radius 2 is 1.57 bits per heavy atom. The van der Waals surface area contributed by atoms with Crippen molar-refractivity contribution >= 4 is 11.9 Å². The second kappa shape index (κ2) is 6.65. The van der Waals surface area contributed by atoms with Crippen LogP contribution in [-0.2, 0) is 16.0 Å². The summed E-state index contributed by atoms with van der Waals surface area (Å²) >= 11 is 0. The molecule has 1 fully saturated rings. The van der Waals surface area contributed by atoms with E-state index in [2.05, 4.69) is 0 Å². The maximum Gasteiger partial charge on any atom is 0.326 e. The molecule has 2 aromatic rings. The van der Waals surface area contributed by atoms with Crippen LogP contribution in [0.25, 0.3) is 0 Å². The summed E-state index contributed by atoms with van der Waals surface area (Å²) in [7, 11) is 0. The Morgan fingerprint density at radius 1 is 0.957 bits per heavy atom. The summed E-state index contributed by atoms with van der Waals surface area (Å²) in [5, 5.41) is 9.47. The van der Waals surface area contributed by atoms with Gasteiger partial charge in [-0.3, -0.25) is 4.79 Å². The Kier molecular flexibility index (Phi) is 4.42. The van der Waals surface area contributed by atoms with Crippen molar-refractivity contribution in [2.45, 2.75) is 31.3 Å². The molecule has 1 amide bonds. The number of carboxylic acid groups (broad SMARTS) is 1. The minimum Gasteiger partial charge on any atom is -0.480 e. The maximum atomic E-state index is 12.8. The summed E-state index contributed by atoms with van der Waals surface area (Å²) in [5.74, 6) is -1.06. The van der Waals surface area contributed by atoms with E-state index in [-0.39, 0.29) is 18.4 Å². The van der Waals surface area contributed by atoms with Gasteiger partial charge in [0.05, 0.1) is 12.5 Å². The third kappa shape index (κ3) is 3.26.